The summed E-state index contributed by atoms with van der Waals surface area (Å²) in [5.41, 5.74) is 2.08. The Morgan fingerprint density at radius 3 is 3.23 bits per heavy atom. The molecule has 1 aromatic rings. The Balaban J connectivity index is 2.33. The van der Waals surface area contributed by atoms with Crippen LogP contribution in [0.25, 0.3) is 0 Å². The molecule has 0 bridgehead atoms. The molecule has 7 heteroatoms. The summed E-state index contributed by atoms with van der Waals surface area (Å²) in [7, 11) is 0. The molecule has 0 aliphatic heterocycles. The molecule has 6 nitrogen and oxygen atoms in total. The Hall–Kier alpha value is -1.08. The monoisotopic (exact) mass is 201 g/mol. The van der Waals surface area contributed by atoms with E-state index in [0.29, 0.717) is 11.6 Å². The number of amides is 1. The van der Waals surface area contributed by atoms with Crippen molar-refractivity contribution in [2.75, 3.05) is 0 Å². The number of hydrogen-bond donors (Lipinski definition) is 3. The number of hydrogen-bond acceptors (Lipinski definition) is 5. The first-order valence-electron chi connectivity index (χ1n) is 3.74. The number of aromatic nitrogens is 3. The fourth-order valence-corrected chi connectivity index (χ4v) is 1.63. The second kappa shape index (κ2) is 4.83. The topological polar surface area (TPSA) is 96.7 Å². The average molecular weight is 201 g/mol. The summed E-state index contributed by atoms with van der Waals surface area (Å²) in [6.45, 7) is 1.92. The number of carbonyl (C=O) groups is 1. The van der Waals surface area contributed by atoms with Crippen LogP contribution in [0.5, 0.6) is 0 Å². The van der Waals surface area contributed by atoms with E-state index in [2.05, 4.69) is 20.6 Å². The highest BCUT2D eigenvalue weighted by atomic mass is 32.2. The van der Waals surface area contributed by atoms with E-state index >= 15 is 0 Å². The lowest BCUT2D eigenvalue weighted by Crippen LogP contribution is -2.31. The highest BCUT2D eigenvalue weighted by Gasteiger charge is 2.10. The molecule has 1 aromatic heterocycles. The van der Waals surface area contributed by atoms with Crippen LogP contribution in [-0.2, 0) is 4.79 Å². The predicted octanol–water partition coefficient (Wildman–Crippen LogP) is -0.335. The maximum atomic E-state index is 10.9. The van der Waals surface area contributed by atoms with Gasteiger partial charge >= 0.3 is 0 Å². The molecule has 0 fully saturated rings. The smallest absolute Gasteiger partial charge is 0.234 e. The molecule has 0 saturated heterocycles. The minimum Gasteiger partial charge on any atom is -0.294 e. The van der Waals surface area contributed by atoms with Gasteiger partial charge in [-0.3, -0.25) is 15.3 Å². The maximum absolute atomic E-state index is 10.9. The molecule has 0 aromatic carbocycles. The van der Waals surface area contributed by atoms with E-state index in [1.54, 1.807) is 0 Å². The zero-order valence-electron chi connectivity index (χ0n) is 7.15. The van der Waals surface area contributed by atoms with Gasteiger partial charge in [0.1, 0.15) is 6.33 Å². The van der Waals surface area contributed by atoms with Gasteiger partial charge in [-0.1, -0.05) is 18.7 Å². The van der Waals surface area contributed by atoms with Crippen molar-refractivity contribution in [3.05, 3.63) is 6.33 Å². The summed E-state index contributed by atoms with van der Waals surface area (Å²) in [4.78, 5) is 14.8. The molecular formula is C6H11N5OS. The second-order valence-electron chi connectivity index (χ2n) is 2.49. The molecule has 1 atom stereocenters. The van der Waals surface area contributed by atoms with Gasteiger partial charge in [-0.15, -0.1) is 0 Å². The second-order valence-corrected chi connectivity index (χ2v) is 3.92. The number of carbonyl (C=O) groups excluding carboxylic acids is 1. The Morgan fingerprint density at radius 2 is 2.69 bits per heavy atom. The molecule has 0 aliphatic rings. The van der Waals surface area contributed by atoms with Gasteiger partial charge in [0.05, 0.1) is 0 Å². The molecular weight excluding hydrogens is 190 g/mol. The van der Waals surface area contributed by atoms with E-state index in [9.17, 15) is 4.79 Å². The molecule has 13 heavy (non-hydrogen) atoms. The molecule has 1 amide bonds. The number of nitrogens with two attached hydrogens (primary N) is 1. The maximum Gasteiger partial charge on any atom is 0.234 e. The summed E-state index contributed by atoms with van der Waals surface area (Å²) in [6, 6.07) is 0. The molecule has 72 valence electrons. The van der Waals surface area contributed by atoms with Crippen LogP contribution in [0.2, 0.25) is 0 Å². The van der Waals surface area contributed by atoms with E-state index in [1.165, 1.54) is 18.1 Å². The highest BCUT2D eigenvalue weighted by Crippen LogP contribution is 2.20. The van der Waals surface area contributed by atoms with Crippen LogP contribution in [0.15, 0.2) is 11.5 Å². The third-order valence-corrected chi connectivity index (χ3v) is 2.33. The summed E-state index contributed by atoms with van der Waals surface area (Å²) in [5, 5.41) is 7.22. The number of aromatic amines is 1. The Bertz CT molecular complexity index is 262. The van der Waals surface area contributed by atoms with Gasteiger partial charge in [-0.05, 0) is 0 Å². The minimum atomic E-state index is -0.181. The minimum absolute atomic E-state index is 0.122. The molecule has 1 rings (SSSR count). The van der Waals surface area contributed by atoms with E-state index < -0.39 is 0 Å². The van der Waals surface area contributed by atoms with Gasteiger partial charge in [0.2, 0.25) is 5.91 Å². The molecule has 0 radical (unpaired) electrons. The number of thioether (sulfide) groups is 1. The third kappa shape index (κ3) is 3.43. The van der Waals surface area contributed by atoms with Crippen molar-refractivity contribution >= 4 is 17.7 Å². The van der Waals surface area contributed by atoms with Crippen LogP contribution in [0, 0.1) is 0 Å². The largest absolute Gasteiger partial charge is 0.294 e. The normalized spacial score (nSPS) is 12.5. The lowest BCUT2D eigenvalue weighted by Gasteiger charge is -2.06. The summed E-state index contributed by atoms with van der Waals surface area (Å²) >= 11 is 1.45. The SMILES string of the molecule is CC(CC(=O)NN)Sc1ncn[nH]1. The van der Waals surface area contributed by atoms with Crippen molar-refractivity contribution in [1.29, 1.82) is 0 Å². The Labute approximate surface area is 79.7 Å². The first kappa shape index (κ1) is 10.0. The zero-order chi connectivity index (χ0) is 9.68. The van der Waals surface area contributed by atoms with Crippen molar-refractivity contribution in [2.24, 2.45) is 5.84 Å². The average Bonchev–Trinajstić information content (AvgIpc) is 2.56. The summed E-state index contributed by atoms with van der Waals surface area (Å²) < 4.78 is 0. The van der Waals surface area contributed by atoms with E-state index in [1.807, 2.05) is 6.92 Å². The number of nitrogens with zero attached hydrogens (tertiary/aromatic N) is 2. The van der Waals surface area contributed by atoms with Crippen LogP contribution in [-0.4, -0.2) is 26.3 Å². The van der Waals surface area contributed by atoms with Crippen LogP contribution in [0.1, 0.15) is 13.3 Å². The Morgan fingerprint density at radius 1 is 1.92 bits per heavy atom. The molecule has 0 aliphatic carbocycles. The first-order chi connectivity index (χ1) is 6.22. The van der Waals surface area contributed by atoms with E-state index in [4.69, 9.17) is 5.84 Å². The van der Waals surface area contributed by atoms with Crippen molar-refractivity contribution in [1.82, 2.24) is 20.6 Å². The number of nitrogens with one attached hydrogen (secondary N) is 2. The lowest BCUT2D eigenvalue weighted by atomic mass is 10.3. The van der Waals surface area contributed by atoms with Crippen molar-refractivity contribution in [2.45, 2.75) is 23.8 Å². The van der Waals surface area contributed by atoms with Crippen LogP contribution >= 0.6 is 11.8 Å². The molecule has 0 spiro atoms. The predicted molar refractivity (Wildman–Crippen MR) is 48.6 cm³/mol. The number of rotatable bonds is 4. The highest BCUT2D eigenvalue weighted by molar-refractivity contribution is 7.99. The van der Waals surface area contributed by atoms with Crippen LogP contribution < -0.4 is 11.3 Å². The summed E-state index contributed by atoms with van der Waals surface area (Å²) in [6.07, 6.45) is 1.79. The lowest BCUT2D eigenvalue weighted by molar-refractivity contribution is -0.121. The number of hydrazine groups is 1. The fraction of sp³-hybridized carbons (Fsp3) is 0.500. The van der Waals surface area contributed by atoms with Gasteiger partial charge in [-0.2, -0.15) is 5.10 Å². The van der Waals surface area contributed by atoms with Crippen molar-refractivity contribution in [3.8, 4) is 0 Å². The first-order valence-corrected chi connectivity index (χ1v) is 4.62. The molecule has 4 N–H and O–H groups in total. The summed E-state index contributed by atoms with van der Waals surface area (Å²) in [5.74, 6) is 4.77. The van der Waals surface area contributed by atoms with Gasteiger partial charge in [0, 0.05) is 11.7 Å². The standard InChI is InChI=1S/C6H11N5OS/c1-4(2-5(12)10-7)13-6-8-3-9-11-6/h3-4H,2,7H2,1H3,(H,10,12)(H,8,9,11). The fourth-order valence-electron chi connectivity index (χ4n) is 0.803. The molecule has 0 saturated carbocycles. The molecule has 1 heterocycles. The van der Waals surface area contributed by atoms with Gasteiger partial charge in [0.25, 0.3) is 0 Å². The van der Waals surface area contributed by atoms with Gasteiger partial charge < -0.3 is 0 Å². The van der Waals surface area contributed by atoms with E-state index in [-0.39, 0.29) is 11.2 Å². The van der Waals surface area contributed by atoms with E-state index in [0.717, 1.165) is 0 Å². The van der Waals surface area contributed by atoms with Crippen molar-refractivity contribution < 1.29 is 4.79 Å². The van der Waals surface area contributed by atoms with Gasteiger partial charge in [-0.25, -0.2) is 10.8 Å². The van der Waals surface area contributed by atoms with Crippen LogP contribution in [0.4, 0.5) is 0 Å². The quantitative estimate of drug-likeness (QED) is 0.268. The number of H-pyrrole nitrogens is 1. The Kier molecular flexibility index (Phi) is 3.71. The third-order valence-electron chi connectivity index (χ3n) is 1.34. The van der Waals surface area contributed by atoms with Crippen LogP contribution in [0.3, 0.4) is 0 Å². The zero-order valence-corrected chi connectivity index (χ0v) is 7.97. The van der Waals surface area contributed by atoms with Crippen molar-refractivity contribution in [3.63, 3.8) is 0 Å². The van der Waals surface area contributed by atoms with Gasteiger partial charge in [0.15, 0.2) is 5.16 Å². The molecule has 1 unspecified atom stereocenters.